The minimum Gasteiger partial charge on any atom is -0.395 e. The quantitative estimate of drug-likeness (QED) is 0.640. The third kappa shape index (κ3) is 5.98. The van der Waals surface area contributed by atoms with Gasteiger partial charge in [-0.25, -0.2) is 0 Å². The molecule has 4 N–H and O–H groups in total. The van der Waals surface area contributed by atoms with Crippen molar-refractivity contribution < 1.29 is 18.3 Å². The topological polar surface area (TPSA) is 71.2 Å². The van der Waals surface area contributed by atoms with Crippen LogP contribution >= 0.6 is 15.9 Å². The second-order valence-electron chi connectivity index (χ2n) is 5.70. The molecule has 0 saturated heterocycles. The maximum absolute atomic E-state index is 13.4. The summed E-state index contributed by atoms with van der Waals surface area (Å²) in [6.07, 6.45) is -1.88. The molecule has 1 aromatic carbocycles. The second-order valence-corrected chi connectivity index (χ2v) is 6.61. The average Bonchev–Trinajstić information content (AvgIpc) is 2.58. The number of halogens is 4. The van der Waals surface area contributed by atoms with E-state index in [1.807, 2.05) is 0 Å². The van der Waals surface area contributed by atoms with Gasteiger partial charge in [0.05, 0.1) is 12.3 Å². The van der Waals surface area contributed by atoms with E-state index < -0.39 is 12.2 Å². The molecule has 1 heterocycles. The Bertz CT molecular complexity index is 662. The number of anilines is 1. The van der Waals surface area contributed by atoms with E-state index in [-0.39, 0.29) is 18.3 Å². The van der Waals surface area contributed by atoms with E-state index in [1.165, 1.54) is 18.3 Å². The number of nitrogens with zero attached hydrogens (tertiary/aromatic N) is 1. The van der Waals surface area contributed by atoms with E-state index in [0.717, 1.165) is 5.56 Å². The van der Waals surface area contributed by atoms with Crippen molar-refractivity contribution in [1.82, 2.24) is 4.98 Å². The molecule has 0 bridgehead atoms. The summed E-state index contributed by atoms with van der Waals surface area (Å²) in [6.45, 7) is -0.0902. The molecule has 0 fully saturated rings. The van der Waals surface area contributed by atoms with Crippen molar-refractivity contribution in [2.45, 2.75) is 31.1 Å². The molecule has 0 spiro atoms. The lowest BCUT2D eigenvalue weighted by Gasteiger charge is -2.22. The second kappa shape index (κ2) is 8.64. The number of aliphatic hydroxyl groups excluding tert-OH is 1. The molecule has 2 atom stereocenters. The highest BCUT2D eigenvalue weighted by molar-refractivity contribution is 9.10. The van der Waals surface area contributed by atoms with E-state index in [4.69, 9.17) is 10.8 Å². The Morgan fingerprint density at radius 1 is 1.16 bits per heavy atom. The molecule has 0 amide bonds. The maximum Gasteiger partial charge on any atom is 0.414 e. The Kier molecular flexibility index (Phi) is 6.80. The minimum atomic E-state index is -4.48. The predicted molar refractivity (Wildman–Crippen MR) is 94.2 cm³/mol. The zero-order chi connectivity index (χ0) is 18.4. The summed E-state index contributed by atoms with van der Waals surface area (Å²) < 4.78 is 40.7. The third-order valence-corrected chi connectivity index (χ3v) is 4.15. The standard InChI is InChI=1S/C17H19BrF3N3O/c18-12-4-8-15(23-9-12)16(17(19,20)21)24-14-6-2-11(3-7-14)1-5-13(22)10-25/h2-4,6-9,13,16,24-25H,1,5,10,22H2/t13-,16?/m0/s1. The lowest BCUT2D eigenvalue weighted by Crippen LogP contribution is -2.28. The lowest BCUT2D eigenvalue weighted by atomic mass is 10.1. The zero-order valence-corrected chi connectivity index (χ0v) is 14.9. The molecule has 136 valence electrons. The van der Waals surface area contributed by atoms with Gasteiger partial charge >= 0.3 is 6.18 Å². The van der Waals surface area contributed by atoms with Gasteiger partial charge in [-0.05, 0) is 58.6 Å². The van der Waals surface area contributed by atoms with Gasteiger partial charge in [0.25, 0.3) is 0 Å². The number of benzene rings is 1. The molecule has 1 unspecified atom stereocenters. The molecule has 8 heteroatoms. The Morgan fingerprint density at radius 2 is 1.84 bits per heavy atom. The highest BCUT2D eigenvalue weighted by atomic mass is 79.9. The van der Waals surface area contributed by atoms with Gasteiger partial charge in [0.1, 0.15) is 0 Å². The third-order valence-electron chi connectivity index (χ3n) is 3.68. The molecule has 0 aliphatic carbocycles. The number of aryl methyl sites for hydroxylation is 1. The summed E-state index contributed by atoms with van der Waals surface area (Å²) in [7, 11) is 0. The van der Waals surface area contributed by atoms with Gasteiger partial charge in [-0.3, -0.25) is 4.98 Å². The summed E-state index contributed by atoms with van der Waals surface area (Å²) in [5.41, 5.74) is 6.83. The van der Waals surface area contributed by atoms with Crippen LogP contribution in [0, 0.1) is 0 Å². The van der Waals surface area contributed by atoms with E-state index in [0.29, 0.717) is 23.0 Å². The molecule has 2 aromatic rings. The smallest absolute Gasteiger partial charge is 0.395 e. The maximum atomic E-state index is 13.4. The number of alkyl halides is 3. The normalized spacial score (nSPS) is 14.2. The summed E-state index contributed by atoms with van der Waals surface area (Å²) >= 11 is 3.16. The highest BCUT2D eigenvalue weighted by Gasteiger charge is 2.41. The largest absolute Gasteiger partial charge is 0.414 e. The van der Waals surface area contributed by atoms with Gasteiger partial charge in [0.15, 0.2) is 6.04 Å². The first-order valence-electron chi connectivity index (χ1n) is 7.69. The monoisotopic (exact) mass is 417 g/mol. The van der Waals surface area contributed by atoms with Crippen molar-refractivity contribution in [1.29, 1.82) is 0 Å². The van der Waals surface area contributed by atoms with Crippen LogP contribution in [0.1, 0.15) is 23.7 Å². The fourth-order valence-electron chi connectivity index (χ4n) is 2.26. The number of aliphatic hydroxyl groups is 1. The van der Waals surface area contributed by atoms with Crippen LogP contribution in [-0.2, 0) is 6.42 Å². The molecule has 1 aromatic heterocycles. The Balaban J connectivity index is 2.10. The van der Waals surface area contributed by atoms with Crippen LogP contribution in [0.2, 0.25) is 0 Å². The first kappa shape index (κ1) is 19.7. The molecule has 0 aliphatic heterocycles. The van der Waals surface area contributed by atoms with Crippen LogP contribution in [0.3, 0.4) is 0 Å². The van der Waals surface area contributed by atoms with Crippen molar-refractivity contribution in [3.05, 3.63) is 58.3 Å². The van der Waals surface area contributed by atoms with Crippen molar-refractivity contribution in [2.24, 2.45) is 5.73 Å². The number of hydrogen-bond acceptors (Lipinski definition) is 4. The van der Waals surface area contributed by atoms with Crippen molar-refractivity contribution >= 4 is 21.6 Å². The summed E-state index contributed by atoms with van der Waals surface area (Å²) in [6, 6.07) is 7.35. The summed E-state index contributed by atoms with van der Waals surface area (Å²) in [5, 5.41) is 11.4. The molecular weight excluding hydrogens is 399 g/mol. The number of pyridine rings is 1. The molecule has 4 nitrogen and oxygen atoms in total. The Labute approximate surface area is 152 Å². The van der Waals surface area contributed by atoms with Gasteiger partial charge in [0.2, 0.25) is 0 Å². The number of aromatic nitrogens is 1. The minimum absolute atomic E-state index is 0.0902. The van der Waals surface area contributed by atoms with E-state index >= 15 is 0 Å². The van der Waals surface area contributed by atoms with Crippen molar-refractivity contribution in [2.75, 3.05) is 11.9 Å². The molecular formula is C17H19BrF3N3O. The summed E-state index contributed by atoms with van der Waals surface area (Å²) in [5.74, 6) is 0. The molecule has 0 saturated carbocycles. The molecule has 2 rings (SSSR count). The van der Waals surface area contributed by atoms with Crippen LogP contribution in [0.25, 0.3) is 0 Å². The van der Waals surface area contributed by atoms with E-state index in [9.17, 15) is 13.2 Å². The number of rotatable bonds is 7. The van der Waals surface area contributed by atoms with E-state index in [2.05, 4.69) is 26.2 Å². The highest BCUT2D eigenvalue weighted by Crippen LogP contribution is 2.35. The number of nitrogens with one attached hydrogen (secondary N) is 1. The van der Waals surface area contributed by atoms with E-state index in [1.54, 1.807) is 24.3 Å². The Morgan fingerprint density at radius 3 is 2.36 bits per heavy atom. The summed E-state index contributed by atoms with van der Waals surface area (Å²) in [4.78, 5) is 3.85. The van der Waals surface area contributed by atoms with Crippen LogP contribution < -0.4 is 11.1 Å². The van der Waals surface area contributed by atoms with Gasteiger partial charge in [-0.1, -0.05) is 12.1 Å². The van der Waals surface area contributed by atoms with Crippen LogP contribution in [0.4, 0.5) is 18.9 Å². The van der Waals surface area contributed by atoms with Gasteiger partial charge in [-0.15, -0.1) is 0 Å². The molecule has 25 heavy (non-hydrogen) atoms. The molecule has 0 radical (unpaired) electrons. The first-order valence-corrected chi connectivity index (χ1v) is 8.49. The average molecular weight is 418 g/mol. The number of hydrogen-bond donors (Lipinski definition) is 3. The van der Waals surface area contributed by atoms with Gasteiger partial charge in [0, 0.05) is 22.4 Å². The predicted octanol–water partition coefficient (Wildman–Crippen LogP) is 3.81. The van der Waals surface area contributed by atoms with Crippen LogP contribution in [-0.4, -0.2) is 28.9 Å². The van der Waals surface area contributed by atoms with Crippen molar-refractivity contribution in [3.63, 3.8) is 0 Å². The van der Waals surface area contributed by atoms with Gasteiger partial charge < -0.3 is 16.2 Å². The Hall–Kier alpha value is -1.64. The first-order chi connectivity index (χ1) is 11.8. The zero-order valence-electron chi connectivity index (χ0n) is 13.3. The van der Waals surface area contributed by atoms with Crippen LogP contribution in [0.15, 0.2) is 47.1 Å². The van der Waals surface area contributed by atoms with Gasteiger partial charge in [-0.2, -0.15) is 13.2 Å². The fourth-order valence-corrected chi connectivity index (χ4v) is 2.49. The van der Waals surface area contributed by atoms with Crippen LogP contribution in [0.5, 0.6) is 0 Å². The van der Waals surface area contributed by atoms with Crippen molar-refractivity contribution in [3.8, 4) is 0 Å². The lowest BCUT2D eigenvalue weighted by molar-refractivity contribution is -0.144. The SMILES string of the molecule is N[C@H](CO)CCc1ccc(NC(c2ccc(Br)cn2)C(F)(F)F)cc1. The fraction of sp³-hybridized carbons (Fsp3) is 0.353. The molecule has 0 aliphatic rings. The number of nitrogens with two attached hydrogens (primary N) is 1.